The summed E-state index contributed by atoms with van der Waals surface area (Å²) in [4.78, 5) is 8.73. The van der Waals surface area contributed by atoms with Gasteiger partial charge in [-0.1, -0.05) is 5.21 Å². The topological polar surface area (TPSA) is 130 Å². The number of nitrogens with one attached hydrogen (secondary N) is 1. The SMILES string of the molecule is CC(C)(O)CCc1cn(-c2cnc(-n3ncc4cc(C#N)cnc43)cc2NC(CF)CF)nn1. The maximum Gasteiger partial charge on any atom is 0.164 e. The van der Waals surface area contributed by atoms with Crippen LogP contribution in [0.15, 0.2) is 36.9 Å². The maximum absolute atomic E-state index is 13.3. The maximum atomic E-state index is 13.3. The lowest BCUT2D eigenvalue weighted by atomic mass is 10.0. The van der Waals surface area contributed by atoms with Crippen molar-refractivity contribution in [1.29, 1.82) is 5.26 Å². The molecule has 0 aliphatic carbocycles. The number of nitriles is 1. The van der Waals surface area contributed by atoms with Gasteiger partial charge in [0.2, 0.25) is 0 Å². The number of alkyl halides is 2. The van der Waals surface area contributed by atoms with Crippen molar-refractivity contribution in [2.75, 3.05) is 18.7 Å². The molecular formula is C22H23F2N9O. The average molecular weight is 467 g/mol. The van der Waals surface area contributed by atoms with Crippen molar-refractivity contribution in [3.8, 4) is 17.6 Å². The van der Waals surface area contributed by atoms with Gasteiger partial charge in [-0.05, 0) is 32.8 Å². The van der Waals surface area contributed by atoms with E-state index in [1.165, 1.54) is 21.8 Å². The highest BCUT2D eigenvalue weighted by Crippen LogP contribution is 2.25. The molecule has 4 aromatic heterocycles. The molecule has 0 radical (unpaired) electrons. The van der Waals surface area contributed by atoms with E-state index in [0.717, 1.165) is 0 Å². The fourth-order valence-corrected chi connectivity index (χ4v) is 3.30. The monoisotopic (exact) mass is 467 g/mol. The van der Waals surface area contributed by atoms with Gasteiger partial charge in [-0.2, -0.15) is 15.0 Å². The summed E-state index contributed by atoms with van der Waals surface area (Å²) in [6.07, 6.45) is 7.17. The van der Waals surface area contributed by atoms with Gasteiger partial charge < -0.3 is 10.4 Å². The lowest BCUT2D eigenvalue weighted by Crippen LogP contribution is -2.25. The van der Waals surface area contributed by atoms with Crippen LogP contribution in [0.25, 0.3) is 22.5 Å². The van der Waals surface area contributed by atoms with Crippen LogP contribution in [0.5, 0.6) is 0 Å². The van der Waals surface area contributed by atoms with Gasteiger partial charge in [-0.25, -0.2) is 23.4 Å². The third kappa shape index (κ3) is 4.99. The molecule has 0 saturated carbocycles. The number of pyridine rings is 2. The highest BCUT2D eigenvalue weighted by atomic mass is 19.1. The smallest absolute Gasteiger partial charge is 0.164 e. The Hall–Kier alpha value is -3.98. The second-order valence-electron chi connectivity index (χ2n) is 8.48. The third-order valence-electron chi connectivity index (χ3n) is 5.14. The molecule has 0 aliphatic heterocycles. The molecule has 0 amide bonds. The zero-order valence-corrected chi connectivity index (χ0v) is 18.7. The van der Waals surface area contributed by atoms with Crippen molar-refractivity contribution in [3.63, 3.8) is 0 Å². The first-order valence-electron chi connectivity index (χ1n) is 10.6. The Bertz CT molecular complexity index is 1330. The fraction of sp³-hybridized carbons (Fsp3) is 0.364. The molecule has 34 heavy (non-hydrogen) atoms. The number of aryl methyl sites for hydroxylation is 1. The predicted molar refractivity (Wildman–Crippen MR) is 120 cm³/mol. The van der Waals surface area contributed by atoms with E-state index in [-0.39, 0.29) is 0 Å². The molecule has 4 aromatic rings. The zero-order valence-electron chi connectivity index (χ0n) is 18.7. The molecule has 0 atom stereocenters. The first-order chi connectivity index (χ1) is 16.3. The standard InChI is InChI=1S/C22H23F2N9O/c1-22(2,34)4-3-16-13-32(31-30-16)19-12-26-20(6-18(19)29-17(7-23)8-24)33-21-15(11-28-33)5-14(9-25)10-27-21/h5-6,10-13,17,34H,3-4,7-8H2,1-2H3,(H,26,29). The molecule has 10 nitrogen and oxygen atoms in total. The van der Waals surface area contributed by atoms with Crippen LogP contribution in [0.2, 0.25) is 0 Å². The van der Waals surface area contributed by atoms with Crippen molar-refractivity contribution in [1.82, 2.24) is 34.7 Å². The van der Waals surface area contributed by atoms with Crippen molar-refractivity contribution >= 4 is 16.7 Å². The molecular weight excluding hydrogens is 444 g/mol. The minimum atomic E-state index is -1.06. The third-order valence-corrected chi connectivity index (χ3v) is 5.14. The normalized spacial score (nSPS) is 11.8. The van der Waals surface area contributed by atoms with Crippen molar-refractivity contribution < 1.29 is 13.9 Å². The lowest BCUT2D eigenvalue weighted by Gasteiger charge is -2.17. The van der Waals surface area contributed by atoms with E-state index in [9.17, 15) is 13.9 Å². The Kier molecular flexibility index (Phi) is 6.47. The van der Waals surface area contributed by atoms with Gasteiger partial charge >= 0.3 is 0 Å². The molecule has 0 aromatic carbocycles. The number of aliphatic hydroxyl groups is 1. The van der Waals surface area contributed by atoms with Crippen molar-refractivity contribution in [3.05, 3.63) is 48.2 Å². The molecule has 0 aliphatic rings. The predicted octanol–water partition coefficient (Wildman–Crippen LogP) is 2.69. The number of anilines is 1. The number of rotatable bonds is 9. The number of hydrogen-bond donors (Lipinski definition) is 2. The fourth-order valence-electron chi connectivity index (χ4n) is 3.30. The van der Waals surface area contributed by atoms with Crippen LogP contribution in [0.1, 0.15) is 31.5 Å². The largest absolute Gasteiger partial charge is 0.390 e. The van der Waals surface area contributed by atoms with Gasteiger partial charge in [-0.3, -0.25) is 0 Å². The molecule has 0 unspecified atom stereocenters. The van der Waals surface area contributed by atoms with E-state index in [1.54, 1.807) is 38.4 Å². The minimum Gasteiger partial charge on any atom is -0.390 e. The molecule has 12 heteroatoms. The van der Waals surface area contributed by atoms with E-state index >= 15 is 0 Å². The summed E-state index contributed by atoms with van der Waals surface area (Å²) in [7, 11) is 0. The molecule has 2 N–H and O–H groups in total. The van der Waals surface area contributed by atoms with Crippen molar-refractivity contribution in [2.24, 2.45) is 0 Å². The first kappa shape index (κ1) is 23.2. The number of nitrogens with zero attached hydrogens (tertiary/aromatic N) is 8. The molecule has 0 saturated heterocycles. The summed E-state index contributed by atoms with van der Waals surface area (Å²) in [5, 5.41) is 35.1. The van der Waals surface area contributed by atoms with Crippen LogP contribution in [0.3, 0.4) is 0 Å². The van der Waals surface area contributed by atoms with Gasteiger partial charge in [0.15, 0.2) is 11.5 Å². The number of halogens is 2. The summed E-state index contributed by atoms with van der Waals surface area (Å²) in [6, 6.07) is 4.23. The van der Waals surface area contributed by atoms with Gasteiger partial charge in [0.1, 0.15) is 25.1 Å². The molecule has 0 spiro atoms. The number of hydrogen-bond acceptors (Lipinski definition) is 8. The first-order valence-corrected chi connectivity index (χ1v) is 10.6. The van der Waals surface area contributed by atoms with Crippen LogP contribution in [0, 0.1) is 11.3 Å². The van der Waals surface area contributed by atoms with Gasteiger partial charge in [0.05, 0.1) is 47.2 Å². The summed E-state index contributed by atoms with van der Waals surface area (Å²) < 4.78 is 29.6. The van der Waals surface area contributed by atoms with Crippen LogP contribution in [-0.2, 0) is 6.42 Å². The van der Waals surface area contributed by atoms with E-state index < -0.39 is 25.0 Å². The zero-order chi connectivity index (χ0) is 24.3. The van der Waals surface area contributed by atoms with E-state index in [1.807, 2.05) is 6.07 Å². The quantitative estimate of drug-likeness (QED) is 0.384. The average Bonchev–Trinajstić information content (AvgIpc) is 3.47. The van der Waals surface area contributed by atoms with Gasteiger partial charge in [-0.15, -0.1) is 5.10 Å². The Morgan fingerprint density at radius 1 is 1.18 bits per heavy atom. The number of aromatic nitrogens is 7. The van der Waals surface area contributed by atoms with Crippen molar-refractivity contribution in [2.45, 2.75) is 38.3 Å². The lowest BCUT2D eigenvalue weighted by molar-refractivity contribution is 0.0711. The molecule has 0 fully saturated rings. The van der Waals surface area contributed by atoms with E-state index in [2.05, 4.69) is 30.7 Å². The molecule has 176 valence electrons. The van der Waals surface area contributed by atoms with E-state index in [4.69, 9.17) is 5.26 Å². The Labute approximate surface area is 193 Å². The molecule has 4 heterocycles. The number of fused-ring (bicyclic) bond motifs is 1. The Morgan fingerprint density at radius 3 is 2.68 bits per heavy atom. The summed E-state index contributed by atoms with van der Waals surface area (Å²) in [5.41, 5.74) is 1.50. The van der Waals surface area contributed by atoms with Gasteiger partial charge in [0.25, 0.3) is 0 Å². The Morgan fingerprint density at radius 2 is 1.97 bits per heavy atom. The van der Waals surface area contributed by atoms with Crippen LogP contribution < -0.4 is 5.32 Å². The van der Waals surface area contributed by atoms with Crippen LogP contribution in [0.4, 0.5) is 14.5 Å². The van der Waals surface area contributed by atoms with Crippen LogP contribution >= 0.6 is 0 Å². The second-order valence-corrected chi connectivity index (χ2v) is 8.48. The van der Waals surface area contributed by atoms with Crippen LogP contribution in [-0.4, -0.2) is 64.8 Å². The summed E-state index contributed by atoms with van der Waals surface area (Å²) >= 11 is 0. The minimum absolute atomic E-state index is 0.359. The summed E-state index contributed by atoms with van der Waals surface area (Å²) in [6.45, 7) is 1.60. The molecule has 0 bridgehead atoms. The summed E-state index contributed by atoms with van der Waals surface area (Å²) in [5.74, 6) is 0.359. The highest BCUT2D eigenvalue weighted by molar-refractivity contribution is 5.77. The Balaban J connectivity index is 1.72. The highest BCUT2D eigenvalue weighted by Gasteiger charge is 2.18. The van der Waals surface area contributed by atoms with E-state index in [0.29, 0.717) is 52.3 Å². The molecule has 4 rings (SSSR count). The van der Waals surface area contributed by atoms with Gasteiger partial charge in [0, 0.05) is 17.6 Å². The second kappa shape index (κ2) is 9.48.